The molecule has 0 unspecified atom stereocenters. The number of aromatic amines is 1. The molecule has 2 aromatic carbocycles. The van der Waals surface area contributed by atoms with Crippen LogP contribution >= 0.6 is 0 Å². The van der Waals surface area contributed by atoms with E-state index in [1.54, 1.807) is 13.0 Å². The molecular weight excluding hydrogens is 328 g/mol. The largest absolute Gasteiger partial charge is 0.469 e. The van der Waals surface area contributed by atoms with Gasteiger partial charge in [-0.3, -0.25) is 9.89 Å². The van der Waals surface area contributed by atoms with Gasteiger partial charge in [-0.25, -0.2) is 4.98 Å². The highest BCUT2D eigenvalue weighted by atomic mass is 16.3. The fourth-order valence-corrected chi connectivity index (χ4v) is 2.71. The average molecular weight is 344 g/mol. The summed E-state index contributed by atoms with van der Waals surface area (Å²) in [6.45, 7) is 1.75. The predicted molar refractivity (Wildman–Crippen MR) is 98.7 cm³/mol. The molecule has 1 amide bonds. The summed E-state index contributed by atoms with van der Waals surface area (Å²) in [5, 5.41) is 10.1. The average Bonchev–Trinajstić information content (AvgIpc) is 3.32. The fraction of sp³-hybridized carbons (Fsp3) is 0.0500. The number of furan rings is 1. The van der Waals surface area contributed by atoms with Crippen molar-refractivity contribution in [1.29, 1.82) is 0 Å². The molecule has 0 spiro atoms. The van der Waals surface area contributed by atoms with Crippen LogP contribution in [-0.4, -0.2) is 21.1 Å². The van der Waals surface area contributed by atoms with Crippen molar-refractivity contribution in [3.63, 3.8) is 0 Å². The number of carbonyl (C=O) groups is 1. The molecule has 6 nitrogen and oxygen atoms in total. The highest BCUT2D eigenvalue weighted by Gasteiger charge is 2.16. The van der Waals surface area contributed by atoms with Crippen LogP contribution in [-0.2, 0) is 0 Å². The second-order valence-electron chi connectivity index (χ2n) is 5.76. The van der Waals surface area contributed by atoms with Crippen molar-refractivity contribution in [2.24, 2.45) is 0 Å². The van der Waals surface area contributed by atoms with Gasteiger partial charge in [0.05, 0.1) is 17.5 Å². The van der Waals surface area contributed by atoms with Crippen LogP contribution in [0.5, 0.6) is 0 Å². The monoisotopic (exact) mass is 344 g/mol. The summed E-state index contributed by atoms with van der Waals surface area (Å²) in [5.74, 6) is 1.54. The van der Waals surface area contributed by atoms with Gasteiger partial charge in [0.15, 0.2) is 11.6 Å². The van der Waals surface area contributed by atoms with Crippen LogP contribution in [0.3, 0.4) is 0 Å². The first kappa shape index (κ1) is 15.8. The van der Waals surface area contributed by atoms with E-state index in [-0.39, 0.29) is 5.91 Å². The Balaban J connectivity index is 1.65. The van der Waals surface area contributed by atoms with Crippen LogP contribution in [0.1, 0.15) is 16.1 Å². The van der Waals surface area contributed by atoms with E-state index in [0.717, 1.165) is 11.1 Å². The minimum Gasteiger partial charge on any atom is -0.469 e. The minimum absolute atomic E-state index is 0.230. The Morgan fingerprint density at radius 3 is 2.58 bits per heavy atom. The van der Waals surface area contributed by atoms with Crippen molar-refractivity contribution in [2.45, 2.75) is 6.92 Å². The molecule has 6 heteroatoms. The number of H-pyrrole nitrogens is 1. The first-order valence-corrected chi connectivity index (χ1v) is 8.15. The first-order chi connectivity index (χ1) is 12.7. The predicted octanol–water partition coefficient (Wildman–Crippen LogP) is 4.29. The van der Waals surface area contributed by atoms with Crippen molar-refractivity contribution in [1.82, 2.24) is 15.2 Å². The minimum atomic E-state index is -0.230. The lowest BCUT2D eigenvalue weighted by Crippen LogP contribution is -2.13. The van der Waals surface area contributed by atoms with Crippen molar-refractivity contribution in [2.75, 3.05) is 5.32 Å². The number of aromatic nitrogens is 3. The van der Waals surface area contributed by atoms with E-state index in [0.29, 0.717) is 28.7 Å². The van der Waals surface area contributed by atoms with Crippen molar-refractivity contribution >= 4 is 11.6 Å². The first-order valence-electron chi connectivity index (χ1n) is 8.15. The summed E-state index contributed by atoms with van der Waals surface area (Å²) >= 11 is 0. The van der Waals surface area contributed by atoms with Crippen LogP contribution in [0.2, 0.25) is 0 Å². The normalized spacial score (nSPS) is 10.7. The molecule has 0 aliphatic heterocycles. The molecule has 0 saturated heterocycles. The molecule has 2 N–H and O–H groups in total. The third kappa shape index (κ3) is 3.00. The Morgan fingerprint density at radius 1 is 1.04 bits per heavy atom. The highest BCUT2D eigenvalue weighted by Crippen LogP contribution is 2.27. The van der Waals surface area contributed by atoms with Crippen LogP contribution < -0.4 is 5.32 Å². The molecule has 4 aromatic rings. The molecule has 0 atom stereocenters. The SMILES string of the molecule is Cc1occc1C(=O)Nc1ccccc1-c1nc(-c2ccccc2)n[nH]1. The van der Waals surface area contributed by atoms with Gasteiger partial charge >= 0.3 is 0 Å². The number of nitrogens with zero attached hydrogens (tertiary/aromatic N) is 2. The van der Waals surface area contributed by atoms with Crippen molar-refractivity contribution < 1.29 is 9.21 Å². The molecule has 2 aromatic heterocycles. The molecule has 0 saturated carbocycles. The third-order valence-electron chi connectivity index (χ3n) is 4.05. The van der Waals surface area contributed by atoms with Gasteiger partial charge in [-0.05, 0) is 25.1 Å². The molecule has 0 fully saturated rings. The van der Waals surface area contributed by atoms with Crippen molar-refractivity contribution in [3.8, 4) is 22.8 Å². The number of anilines is 1. The van der Waals surface area contributed by atoms with Crippen LogP contribution in [0.4, 0.5) is 5.69 Å². The summed E-state index contributed by atoms with van der Waals surface area (Å²) < 4.78 is 5.20. The number of carbonyl (C=O) groups excluding carboxylic acids is 1. The van der Waals surface area contributed by atoms with E-state index in [4.69, 9.17) is 4.42 Å². The lowest BCUT2D eigenvalue weighted by Gasteiger charge is -2.08. The molecule has 0 bridgehead atoms. The zero-order chi connectivity index (χ0) is 17.9. The molecular formula is C20H16N4O2. The maximum atomic E-state index is 12.5. The second kappa shape index (κ2) is 6.68. The van der Waals surface area contributed by atoms with E-state index >= 15 is 0 Å². The topological polar surface area (TPSA) is 83.8 Å². The second-order valence-corrected chi connectivity index (χ2v) is 5.76. The summed E-state index contributed by atoms with van der Waals surface area (Å²) in [6, 6.07) is 18.8. The lowest BCUT2D eigenvalue weighted by atomic mass is 10.1. The van der Waals surface area contributed by atoms with Gasteiger partial charge in [-0.2, -0.15) is 5.10 Å². The molecule has 26 heavy (non-hydrogen) atoms. The standard InChI is InChI=1S/C20H16N4O2/c1-13-15(11-12-26-13)20(25)21-17-10-6-5-9-16(17)19-22-18(23-24-19)14-7-3-2-4-8-14/h2-12H,1H3,(H,21,25)(H,22,23,24). The van der Waals surface area contributed by atoms with Gasteiger partial charge in [0.1, 0.15) is 5.76 Å². The Morgan fingerprint density at radius 2 is 1.81 bits per heavy atom. The number of amides is 1. The zero-order valence-electron chi connectivity index (χ0n) is 14.1. The third-order valence-corrected chi connectivity index (χ3v) is 4.05. The quantitative estimate of drug-likeness (QED) is 0.578. The maximum Gasteiger partial charge on any atom is 0.259 e. The van der Waals surface area contributed by atoms with Crippen LogP contribution in [0, 0.1) is 6.92 Å². The number of hydrogen-bond donors (Lipinski definition) is 2. The number of benzene rings is 2. The van der Waals surface area contributed by atoms with Gasteiger partial charge in [-0.1, -0.05) is 42.5 Å². The molecule has 4 rings (SSSR count). The molecule has 0 aliphatic rings. The van der Waals surface area contributed by atoms with Gasteiger partial charge in [-0.15, -0.1) is 0 Å². The lowest BCUT2D eigenvalue weighted by molar-refractivity contribution is 0.102. The number of hydrogen-bond acceptors (Lipinski definition) is 4. The van der Waals surface area contributed by atoms with E-state index < -0.39 is 0 Å². The Kier molecular flexibility index (Phi) is 4.07. The summed E-state index contributed by atoms with van der Waals surface area (Å²) in [7, 11) is 0. The summed E-state index contributed by atoms with van der Waals surface area (Å²) in [5.41, 5.74) is 2.83. The Hall–Kier alpha value is -3.67. The number of aryl methyl sites for hydroxylation is 1. The number of rotatable bonds is 4. The molecule has 2 heterocycles. The molecule has 0 radical (unpaired) electrons. The van der Waals surface area contributed by atoms with Gasteiger partial charge < -0.3 is 9.73 Å². The van der Waals surface area contributed by atoms with E-state index in [1.165, 1.54) is 6.26 Å². The maximum absolute atomic E-state index is 12.5. The summed E-state index contributed by atoms with van der Waals surface area (Å²) in [6.07, 6.45) is 1.50. The van der Waals surface area contributed by atoms with Gasteiger partial charge in [0.25, 0.3) is 5.91 Å². The number of nitrogens with one attached hydrogen (secondary N) is 2. The molecule has 128 valence electrons. The zero-order valence-corrected chi connectivity index (χ0v) is 14.1. The fourth-order valence-electron chi connectivity index (χ4n) is 2.71. The smallest absolute Gasteiger partial charge is 0.259 e. The number of para-hydroxylation sites is 1. The van der Waals surface area contributed by atoms with Crippen LogP contribution in [0.25, 0.3) is 22.8 Å². The van der Waals surface area contributed by atoms with Crippen LogP contribution in [0.15, 0.2) is 71.3 Å². The Bertz CT molecular complexity index is 1050. The molecule has 0 aliphatic carbocycles. The Labute approximate surface area is 149 Å². The van der Waals surface area contributed by atoms with Gasteiger partial charge in [0.2, 0.25) is 0 Å². The highest BCUT2D eigenvalue weighted by molar-refractivity contribution is 6.06. The van der Waals surface area contributed by atoms with Crippen molar-refractivity contribution in [3.05, 3.63) is 78.3 Å². The van der Waals surface area contributed by atoms with Gasteiger partial charge in [0, 0.05) is 11.1 Å². The van der Waals surface area contributed by atoms with E-state index in [1.807, 2.05) is 54.6 Å². The van der Waals surface area contributed by atoms with E-state index in [2.05, 4.69) is 20.5 Å². The van der Waals surface area contributed by atoms with E-state index in [9.17, 15) is 4.79 Å². The summed E-state index contributed by atoms with van der Waals surface area (Å²) in [4.78, 5) is 17.1.